The van der Waals surface area contributed by atoms with Crippen molar-refractivity contribution < 1.29 is 31.9 Å². The van der Waals surface area contributed by atoms with Gasteiger partial charge in [0.05, 0.1) is 18.2 Å². The molecular formula is C19H14F3NO4. The standard InChI is InChI=1S/C19H14F3NO4/c1-9(24)16-15(18(23)25)14-11(7-8-13(26-2)17(14)27-16)10-5-3-4-6-12(10)19(20,21)22/h3-8H,1-2H3,(H2,23,25). The number of nitrogens with two attached hydrogens (primary N) is 1. The second kappa shape index (κ2) is 6.46. The van der Waals surface area contributed by atoms with Crippen molar-refractivity contribution in [1.82, 2.24) is 0 Å². The smallest absolute Gasteiger partial charge is 0.417 e. The maximum absolute atomic E-state index is 13.5. The number of hydrogen-bond acceptors (Lipinski definition) is 4. The Morgan fingerprint density at radius 3 is 2.30 bits per heavy atom. The molecule has 0 fully saturated rings. The van der Waals surface area contributed by atoms with Crippen LogP contribution in [0.3, 0.4) is 0 Å². The number of benzene rings is 2. The van der Waals surface area contributed by atoms with E-state index in [0.29, 0.717) is 0 Å². The first-order chi connectivity index (χ1) is 12.7. The number of amides is 1. The van der Waals surface area contributed by atoms with Crippen LogP contribution in [0.1, 0.15) is 33.4 Å². The molecule has 5 nitrogen and oxygen atoms in total. The van der Waals surface area contributed by atoms with Crippen LogP contribution >= 0.6 is 0 Å². The van der Waals surface area contributed by atoms with E-state index in [2.05, 4.69) is 0 Å². The molecule has 27 heavy (non-hydrogen) atoms. The van der Waals surface area contributed by atoms with Gasteiger partial charge < -0.3 is 14.9 Å². The van der Waals surface area contributed by atoms with Crippen LogP contribution in [0.5, 0.6) is 5.75 Å². The average molecular weight is 377 g/mol. The maximum Gasteiger partial charge on any atom is 0.417 e. The van der Waals surface area contributed by atoms with E-state index in [1.807, 2.05) is 0 Å². The molecule has 140 valence electrons. The Kier molecular flexibility index (Phi) is 4.43. The number of Topliss-reactive ketones (excluding diaryl/α,β-unsaturated/α-hetero) is 1. The summed E-state index contributed by atoms with van der Waals surface area (Å²) in [6.07, 6.45) is -4.62. The Labute approximate surface area is 151 Å². The first-order valence-corrected chi connectivity index (χ1v) is 7.77. The first kappa shape index (κ1) is 18.5. The molecule has 0 bridgehead atoms. The summed E-state index contributed by atoms with van der Waals surface area (Å²) < 4.78 is 51.1. The lowest BCUT2D eigenvalue weighted by Gasteiger charge is -2.14. The van der Waals surface area contributed by atoms with E-state index in [1.165, 1.54) is 44.4 Å². The van der Waals surface area contributed by atoms with Crippen LogP contribution in [0.25, 0.3) is 22.1 Å². The molecule has 0 unspecified atom stereocenters. The van der Waals surface area contributed by atoms with Crippen LogP contribution < -0.4 is 10.5 Å². The minimum Gasteiger partial charge on any atom is -0.493 e. The number of carbonyl (C=O) groups excluding carboxylic acids is 2. The van der Waals surface area contributed by atoms with Crippen molar-refractivity contribution in [3.8, 4) is 16.9 Å². The largest absolute Gasteiger partial charge is 0.493 e. The molecule has 1 amide bonds. The van der Waals surface area contributed by atoms with Crippen LogP contribution in [0.2, 0.25) is 0 Å². The van der Waals surface area contributed by atoms with Gasteiger partial charge in [-0.15, -0.1) is 0 Å². The molecule has 2 aromatic carbocycles. The summed E-state index contributed by atoms with van der Waals surface area (Å²) in [5.74, 6) is -1.74. The van der Waals surface area contributed by atoms with Crippen molar-refractivity contribution in [1.29, 1.82) is 0 Å². The summed E-state index contributed by atoms with van der Waals surface area (Å²) in [5, 5.41) is 0.00347. The van der Waals surface area contributed by atoms with Gasteiger partial charge in [0.2, 0.25) is 0 Å². The van der Waals surface area contributed by atoms with Gasteiger partial charge in [0.25, 0.3) is 5.91 Å². The van der Waals surface area contributed by atoms with Gasteiger partial charge in [0, 0.05) is 12.3 Å². The summed E-state index contributed by atoms with van der Waals surface area (Å²) >= 11 is 0. The predicted octanol–water partition coefficient (Wildman–Crippen LogP) is 4.43. The predicted molar refractivity (Wildman–Crippen MR) is 91.7 cm³/mol. The fourth-order valence-electron chi connectivity index (χ4n) is 3.01. The normalized spacial score (nSPS) is 11.6. The second-order valence-electron chi connectivity index (χ2n) is 5.79. The van der Waals surface area contributed by atoms with Gasteiger partial charge >= 0.3 is 6.18 Å². The molecule has 0 aliphatic rings. The number of rotatable bonds is 4. The summed E-state index contributed by atoms with van der Waals surface area (Å²) in [4.78, 5) is 23.9. The highest BCUT2D eigenvalue weighted by atomic mass is 19.4. The van der Waals surface area contributed by atoms with Crippen LogP contribution in [0.15, 0.2) is 40.8 Å². The highest BCUT2D eigenvalue weighted by Crippen LogP contribution is 2.44. The topological polar surface area (TPSA) is 82.5 Å². The van der Waals surface area contributed by atoms with E-state index < -0.39 is 23.4 Å². The van der Waals surface area contributed by atoms with Crippen molar-refractivity contribution in [3.05, 3.63) is 53.3 Å². The van der Waals surface area contributed by atoms with Crippen molar-refractivity contribution in [3.63, 3.8) is 0 Å². The van der Waals surface area contributed by atoms with E-state index in [-0.39, 0.29) is 39.2 Å². The molecule has 0 atom stereocenters. The maximum atomic E-state index is 13.5. The van der Waals surface area contributed by atoms with Gasteiger partial charge in [-0.3, -0.25) is 9.59 Å². The first-order valence-electron chi connectivity index (χ1n) is 7.77. The molecule has 1 heterocycles. The summed E-state index contributed by atoms with van der Waals surface area (Å²) in [5.41, 5.74) is 4.11. The molecule has 3 aromatic rings. The SMILES string of the molecule is COc1ccc(-c2ccccc2C(F)(F)F)c2c(C(N)=O)c(C(C)=O)oc12. The molecule has 0 saturated heterocycles. The minimum absolute atomic E-state index is 0.00347. The van der Waals surface area contributed by atoms with E-state index in [1.54, 1.807) is 0 Å². The zero-order chi connectivity index (χ0) is 19.9. The van der Waals surface area contributed by atoms with Crippen LogP contribution in [0.4, 0.5) is 13.2 Å². The molecule has 0 radical (unpaired) electrons. The fourth-order valence-corrected chi connectivity index (χ4v) is 3.01. The molecular weight excluding hydrogens is 363 g/mol. The lowest BCUT2D eigenvalue weighted by Crippen LogP contribution is -2.14. The molecule has 0 aliphatic heterocycles. The third kappa shape index (κ3) is 3.03. The van der Waals surface area contributed by atoms with Crippen molar-refractivity contribution in [2.45, 2.75) is 13.1 Å². The quantitative estimate of drug-likeness (QED) is 0.682. The number of primary amides is 1. The third-order valence-corrected chi connectivity index (χ3v) is 4.11. The molecule has 1 aromatic heterocycles. The van der Waals surface area contributed by atoms with Crippen molar-refractivity contribution in [2.24, 2.45) is 5.73 Å². The number of alkyl halides is 3. The number of hydrogen-bond donors (Lipinski definition) is 1. The summed E-state index contributed by atoms with van der Waals surface area (Å²) in [7, 11) is 1.33. The summed E-state index contributed by atoms with van der Waals surface area (Å²) in [6.45, 7) is 1.17. The van der Waals surface area contributed by atoms with Gasteiger partial charge in [0.1, 0.15) is 0 Å². The fraction of sp³-hybridized carbons (Fsp3) is 0.158. The number of furan rings is 1. The third-order valence-electron chi connectivity index (χ3n) is 4.11. The lowest BCUT2D eigenvalue weighted by molar-refractivity contribution is -0.137. The van der Waals surface area contributed by atoms with Crippen LogP contribution in [-0.4, -0.2) is 18.8 Å². The highest BCUT2D eigenvalue weighted by molar-refractivity contribution is 6.18. The molecule has 3 rings (SSSR count). The Hall–Kier alpha value is -3.29. The average Bonchev–Trinajstić information content (AvgIpc) is 3.01. The lowest BCUT2D eigenvalue weighted by atomic mass is 9.93. The number of ether oxygens (including phenoxy) is 1. The van der Waals surface area contributed by atoms with Gasteiger partial charge in [-0.25, -0.2) is 0 Å². The van der Waals surface area contributed by atoms with E-state index in [0.717, 1.165) is 6.07 Å². The number of carbonyl (C=O) groups is 2. The minimum atomic E-state index is -4.62. The van der Waals surface area contributed by atoms with E-state index in [9.17, 15) is 22.8 Å². The second-order valence-corrected chi connectivity index (χ2v) is 5.79. The Bertz CT molecular complexity index is 1070. The molecule has 0 saturated carbocycles. The van der Waals surface area contributed by atoms with Crippen LogP contribution in [-0.2, 0) is 6.18 Å². The zero-order valence-electron chi connectivity index (χ0n) is 14.3. The highest BCUT2D eigenvalue weighted by Gasteiger charge is 2.35. The molecule has 2 N–H and O–H groups in total. The Morgan fingerprint density at radius 2 is 1.74 bits per heavy atom. The van der Waals surface area contributed by atoms with Gasteiger partial charge in [-0.05, 0) is 29.3 Å². The summed E-state index contributed by atoms with van der Waals surface area (Å²) in [6, 6.07) is 7.69. The van der Waals surface area contributed by atoms with Gasteiger partial charge in [0.15, 0.2) is 22.9 Å². The molecule has 8 heteroatoms. The number of ketones is 1. The Morgan fingerprint density at radius 1 is 1.07 bits per heavy atom. The Balaban J connectivity index is 2.50. The molecule has 0 spiro atoms. The van der Waals surface area contributed by atoms with Crippen molar-refractivity contribution >= 4 is 22.7 Å². The monoisotopic (exact) mass is 377 g/mol. The number of methoxy groups -OCH3 is 1. The number of fused-ring (bicyclic) bond motifs is 1. The number of halogens is 3. The van der Waals surface area contributed by atoms with Crippen molar-refractivity contribution in [2.75, 3.05) is 7.11 Å². The molecule has 0 aliphatic carbocycles. The van der Waals surface area contributed by atoms with Gasteiger partial charge in [-0.1, -0.05) is 18.2 Å². The van der Waals surface area contributed by atoms with Crippen LogP contribution in [0, 0.1) is 0 Å². The van der Waals surface area contributed by atoms with Gasteiger partial charge in [-0.2, -0.15) is 13.2 Å². The zero-order valence-corrected chi connectivity index (χ0v) is 14.3. The van der Waals surface area contributed by atoms with E-state index in [4.69, 9.17) is 14.9 Å². The van der Waals surface area contributed by atoms with E-state index >= 15 is 0 Å².